The van der Waals surface area contributed by atoms with Crippen molar-refractivity contribution >= 4 is 28.9 Å². The van der Waals surface area contributed by atoms with Gasteiger partial charge in [0.05, 0.1) is 12.3 Å². The van der Waals surface area contributed by atoms with Gasteiger partial charge in [0, 0.05) is 48.8 Å². The van der Waals surface area contributed by atoms with Crippen LogP contribution in [0.4, 0.5) is 0 Å². The molecule has 28 heavy (non-hydrogen) atoms. The molecule has 3 aromatic rings. The fraction of sp³-hybridized carbons (Fsp3) is 0.286. The Kier molecular flexibility index (Phi) is 6.66. The number of ketones is 1. The van der Waals surface area contributed by atoms with Crippen LogP contribution in [0.15, 0.2) is 48.8 Å². The summed E-state index contributed by atoms with van der Waals surface area (Å²) in [5, 5.41) is 3.42. The molecule has 0 fully saturated rings. The monoisotopic (exact) mass is 399 g/mol. The summed E-state index contributed by atoms with van der Waals surface area (Å²) in [6.07, 6.45) is 4.76. The van der Waals surface area contributed by atoms with Crippen molar-refractivity contribution in [3.05, 3.63) is 65.1 Å². The van der Waals surface area contributed by atoms with E-state index in [4.69, 9.17) is 16.3 Å². The largest absolute Gasteiger partial charge is 0.490 e. The molecule has 2 heterocycles. The average Bonchev–Trinajstić information content (AvgIpc) is 3.11. The fourth-order valence-electron chi connectivity index (χ4n) is 2.85. The van der Waals surface area contributed by atoms with E-state index < -0.39 is 0 Å². The molecule has 6 nitrogen and oxygen atoms in total. The van der Waals surface area contributed by atoms with Crippen LogP contribution in [-0.2, 0) is 11.2 Å². The average molecular weight is 400 g/mol. The molecular weight excluding hydrogens is 378 g/mol. The zero-order chi connectivity index (χ0) is 19.9. The Morgan fingerprint density at radius 2 is 1.96 bits per heavy atom. The Bertz CT molecular complexity index is 967. The van der Waals surface area contributed by atoms with Crippen molar-refractivity contribution < 1.29 is 14.3 Å². The molecule has 1 amide bonds. The number of nitrogens with zero attached hydrogens (tertiary/aromatic N) is 2. The van der Waals surface area contributed by atoms with E-state index in [1.165, 1.54) is 0 Å². The van der Waals surface area contributed by atoms with Gasteiger partial charge in [-0.05, 0) is 43.3 Å². The molecule has 0 spiro atoms. The van der Waals surface area contributed by atoms with E-state index in [0.29, 0.717) is 30.2 Å². The van der Waals surface area contributed by atoms with Crippen molar-refractivity contribution in [3.8, 4) is 5.75 Å². The van der Waals surface area contributed by atoms with E-state index in [2.05, 4.69) is 10.3 Å². The molecule has 146 valence electrons. The number of carbonyl (C=O) groups is 2. The first-order chi connectivity index (χ1) is 13.6. The Morgan fingerprint density at radius 1 is 1.18 bits per heavy atom. The zero-order valence-corrected chi connectivity index (χ0v) is 16.4. The van der Waals surface area contributed by atoms with E-state index in [9.17, 15) is 9.59 Å². The van der Waals surface area contributed by atoms with Crippen LogP contribution in [0.2, 0.25) is 5.02 Å². The summed E-state index contributed by atoms with van der Waals surface area (Å²) in [4.78, 5) is 28.7. The van der Waals surface area contributed by atoms with Gasteiger partial charge in [0.25, 0.3) is 0 Å². The summed E-state index contributed by atoms with van der Waals surface area (Å²) in [5.41, 5.74) is 2.19. The maximum Gasteiger partial charge on any atom is 0.220 e. The first kappa shape index (κ1) is 19.9. The van der Waals surface area contributed by atoms with Crippen LogP contribution < -0.4 is 10.1 Å². The molecule has 0 saturated carbocycles. The minimum absolute atomic E-state index is 0.0735. The van der Waals surface area contributed by atoms with E-state index in [0.717, 1.165) is 17.1 Å². The van der Waals surface area contributed by atoms with Crippen LogP contribution in [0.3, 0.4) is 0 Å². The summed E-state index contributed by atoms with van der Waals surface area (Å²) in [7, 11) is 0. The SMILES string of the molecule is CCOc1cccn2cc(CCNC(=O)CCC(=O)c3ccc(Cl)cc3)nc12. The maximum absolute atomic E-state index is 12.1. The lowest BCUT2D eigenvalue weighted by molar-refractivity contribution is -0.121. The van der Waals surface area contributed by atoms with Crippen molar-refractivity contribution in [3.63, 3.8) is 0 Å². The van der Waals surface area contributed by atoms with Gasteiger partial charge in [0.2, 0.25) is 5.91 Å². The van der Waals surface area contributed by atoms with E-state index in [1.54, 1.807) is 24.3 Å². The third kappa shape index (κ3) is 5.10. The van der Waals surface area contributed by atoms with Crippen molar-refractivity contribution in [1.82, 2.24) is 14.7 Å². The van der Waals surface area contributed by atoms with Crippen LogP contribution in [0.25, 0.3) is 5.65 Å². The number of amides is 1. The smallest absolute Gasteiger partial charge is 0.220 e. The lowest BCUT2D eigenvalue weighted by atomic mass is 10.1. The summed E-state index contributed by atoms with van der Waals surface area (Å²) in [6, 6.07) is 10.5. The predicted molar refractivity (Wildman–Crippen MR) is 108 cm³/mol. The number of benzene rings is 1. The van der Waals surface area contributed by atoms with Crippen molar-refractivity contribution in [2.45, 2.75) is 26.2 Å². The molecular formula is C21H22ClN3O3. The molecule has 0 radical (unpaired) electrons. The molecule has 0 aliphatic heterocycles. The van der Waals surface area contributed by atoms with Gasteiger partial charge >= 0.3 is 0 Å². The number of hydrogen-bond donors (Lipinski definition) is 1. The number of halogens is 1. The van der Waals surface area contributed by atoms with Crippen molar-refractivity contribution in [2.24, 2.45) is 0 Å². The third-order valence-corrected chi connectivity index (χ3v) is 4.50. The van der Waals surface area contributed by atoms with Gasteiger partial charge in [-0.1, -0.05) is 11.6 Å². The lowest BCUT2D eigenvalue weighted by Gasteiger charge is -2.04. The molecule has 0 unspecified atom stereocenters. The van der Waals surface area contributed by atoms with Crippen molar-refractivity contribution in [2.75, 3.05) is 13.2 Å². The number of ether oxygens (including phenoxy) is 1. The molecule has 0 saturated heterocycles. The number of carbonyl (C=O) groups excluding carboxylic acids is 2. The van der Waals surface area contributed by atoms with Gasteiger partial charge in [-0.25, -0.2) is 4.98 Å². The fourth-order valence-corrected chi connectivity index (χ4v) is 2.98. The first-order valence-electron chi connectivity index (χ1n) is 9.21. The minimum atomic E-state index is -0.152. The highest BCUT2D eigenvalue weighted by Crippen LogP contribution is 2.19. The van der Waals surface area contributed by atoms with Gasteiger partial charge in [-0.15, -0.1) is 0 Å². The number of pyridine rings is 1. The highest BCUT2D eigenvalue weighted by Gasteiger charge is 2.10. The van der Waals surface area contributed by atoms with Gasteiger partial charge in [-0.3, -0.25) is 9.59 Å². The molecule has 1 N–H and O–H groups in total. The number of imidazole rings is 1. The second kappa shape index (κ2) is 9.37. The van der Waals surface area contributed by atoms with E-state index >= 15 is 0 Å². The second-order valence-corrected chi connectivity index (χ2v) is 6.74. The third-order valence-electron chi connectivity index (χ3n) is 4.25. The zero-order valence-electron chi connectivity index (χ0n) is 15.7. The normalized spacial score (nSPS) is 10.8. The predicted octanol–water partition coefficient (Wildman–Crippen LogP) is 3.71. The Balaban J connectivity index is 1.46. The molecule has 2 aromatic heterocycles. The summed E-state index contributed by atoms with van der Waals surface area (Å²) in [6.45, 7) is 2.97. The molecule has 7 heteroatoms. The summed E-state index contributed by atoms with van der Waals surface area (Å²) >= 11 is 5.81. The summed E-state index contributed by atoms with van der Waals surface area (Å²) < 4.78 is 7.49. The molecule has 0 aliphatic carbocycles. The van der Waals surface area contributed by atoms with Crippen LogP contribution in [-0.4, -0.2) is 34.2 Å². The Morgan fingerprint density at radius 3 is 2.71 bits per heavy atom. The summed E-state index contributed by atoms with van der Waals surface area (Å²) in [5.74, 6) is 0.512. The van der Waals surface area contributed by atoms with Gasteiger partial charge in [0.1, 0.15) is 0 Å². The van der Waals surface area contributed by atoms with Crippen LogP contribution in [0, 0.1) is 0 Å². The highest BCUT2D eigenvalue weighted by molar-refractivity contribution is 6.30. The molecule has 0 atom stereocenters. The minimum Gasteiger partial charge on any atom is -0.490 e. The second-order valence-electron chi connectivity index (χ2n) is 6.30. The number of aromatic nitrogens is 2. The van der Waals surface area contributed by atoms with Gasteiger partial charge < -0.3 is 14.5 Å². The van der Waals surface area contributed by atoms with Crippen LogP contribution >= 0.6 is 11.6 Å². The van der Waals surface area contributed by atoms with Crippen LogP contribution in [0.1, 0.15) is 35.8 Å². The number of rotatable bonds is 9. The quantitative estimate of drug-likeness (QED) is 0.557. The van der Waals surface area contributed by atoms with Crippen LogP contribution in [0.5, 0.6) is 5.75 Å². The number of fused-ring (bicyclic) bond motifs is 1. The highest BCUT2D eigenvalue weighted by atomic mass is 35.5. The topological polar surface area (TPSA) is 72.7 Å². The Hall–Kier alpha value is -2.86. The number of nitrogens with one attached hydrogen (secondary N) is 1. The molecule has 3 rings (SSSR count). The molecule has 0 bridgehead atoms. The van der Waals surface area contributed by atoms with E-state index in [-0.39, 0.29) is 24.5 Å². The van der Waals surface area contributed by atoms with E-state index in [1.807, 2.05) is 35.9 Å². The molecule has 0 aliphatic rings. The molecule has 1 aromatic carbocycles. The van der Waals surface area contributed by atoms with Gasteiger partial charge in [0.15, 0.2) is 17.2 Å². The lowest BCUT2D eigenvalue weighted by Crippen LogP contribution is -2.26. The first-order valence-corrected chi connectivity index (χ1v) is 9.59. The van der Waals surface area contributed by atoms with Gasteiger partial charge in [-0.2, -0.15) is 0 Å². The maximum atomic E-state index is 12.1. The standard InChI is InChI=1S/C21H22ClN3O3/c1-2-28-19-4-3-13-25-14-17(24-21(19)25)11-12-23-20(27)10-9-18(26)15-5-7-16(22)8-6-15/h3-8,13-14H,2,9-12H2,1H3,(H,23,27). The number of hydrogen-bond acceptors (Lipinski definition) is 4. The Labute approximate surface area is 168 Å². The van der Waals surface area contributed by atoms with Crippen molar-refractivity contribution in [1.29, 1.82) is 0 Å². The number of Topliss-reactive ketones (excluding diaryl/α,β-unsaturated/α-hetero) is 1.